The molecule has 0 bridgehead atoms. The fourth-order valence-electron chi connectivity index (χ4n) is 9.00. The molecule has 0 aliphatic heterocycles. The summed E-state index contributed by atoms with van der Waals surface area (Å²) in [4.78, 5) is 0. The minimum atomic E-state index is 0.921. The van der Waals surface area contributed by atoms with Gasteiger partial charge in [0.05, 0.1) is 11.0 Å². The molecule has 0 N–H and O–H groups in total. The second-order valence-electron chi connectivity index (χ2n) is 13.5. The summed E-state index contributed by atoms with van der Waals surface area (Å²) >= 11 is 0. The van der Waals surface area contributed by atoms with Crippen LogP contribution in [-0.2, 0) is 0 Å². The van der Waals surface area contributed by atoms with Gasteiger partial charge in [-0.2, -0.15) is 0 Å². The number of fused-ring (bicyclic) bond motifs is 11. The maximum atomic E-state index is 6.59. The normalized spacial score (nSPS) is 13.0. The molecule has 50 heavy (non-hydrogen) atoms. The van der Waals surface area contributed by atoms with Crippen LogP contribution < -0.4 is 0 Å². The van der Waals surface area contributed by atoms with E-state index in [0.717, 1.165) is 39.4 Å². The van der Waals surface area contributed by atoms with Crippen LogP contribution in [0.1, 0.15) is 24.5 Å². The Morgan fingerprint density at radius 3 is 2.18 bits per heavy atom. The van der Waals surface area contributed by atoms with Crippen molar-refractivity contribution in [2.75, 3.05) is 0 Å². The Bertz CT molecular complexity index is 3150. The first-order chi connectivity index (χ1) is 24.7. The number of benzene rings is 8. The highest BCUT2D eigenvalue weighted by molar-refractivity contribution is 6.28. The lowest BCUT2D eigenvalue weighted by Crippen LogP contribution is -1.95. The molecular weight excluding hydrogens is 607 g/mol. The highest BCUT2D eigenvalue weighted by Crippen LogP contribution is 2.47. The van der Waals surface area contributed by atoms with Crippen LogP contribution >= 0.6 is 0 Å². The first-order valence-corrected chi connectivity index (χ1v) is 17.4. The first-order valence-electron chi connectivity index (χ1n) is 17.4. The zero-order valence-corrected chi connectivity index (χ0v) is 27.6. The molecule has 0 spiro atoms. The maximum Gasteiger partial charge on any atom is 0.143 e. The van der Waals surface area contributed by atoms with E-state index in [1.807, 2.05) is 12.1 Å². The van der Waals surface area contributed by atoms with Crippen molar-refractivity contribution in [2.45, 2.75) is 13.3 Å². The van der Waals surface area contributed by atoms with Crippen molar-refractivity contribution in [1.29, 1.82) is 0 Å². The van der Waals surface area contributed by atoms with E-state index in [-0.39, 0.29) is 0 Å². The van der Waals surface area contributed by atoms with Gasteiger partial charge in [-0.15, -0.1) is 0 Å². The van der Waals surface area contributed by atoms with Crippen LogP contribution in [0.4, 0.5) is 0 Å². The van der Waals surface area contributed by atoms with Gasteiger partial charge in [-0.1, -0.05) is 129 Å². The molecule has 0 unspecified atom stereocenters. The van der Waals surface area contributed by atoms with Crippen molar-refractivity contribution < 1.29 is 4.42 Å². The van der Waals surface area contributed by atoms with E-state index >= 15 is 0 Å². The zero-order chi connectivity index (χ0) is 33.1. The summed E-state index contributed by atoms with van der Waals surface area (Å²) in [5, 5.41) is 12.2. The molecular formula is C48H31NO. The maximum absolute atomic E-state index is 6.59. The van der Waals surface area contributed by atoms with Crippen molar-refractivity contribution in [2.24, 2.45) is 0 Å². The third-order valence-electron chi connectivity index (χ3n) is 11.1. The number of nitrogens with zero attached hydrogens (tertiary/aromatic N) is 1. The molecule has 0 amide bonds. The molecule has 0 atom stereocenters. The number of aromatic nitrogens is 1. The van der Waals surface area contributed by atoms with Crippen LogP contribution in [-0.4, -0.2) is 4.57 Å². The Hall–Kier alpha value is -6.38. The van der Waals surface area contributed by atoms with Gasteiger partial charge in [-0.05, 0) is 91.7 Å². The van der Waals surface area contributed by atoms with Gasteiger partial charge in [0.2, 0.25) is 0 Å². The van der Waals surface area contributed by atoms with Crippen molar-refractivity contribution in [3.05, 3.63) is 163 Å². The molecule has 2 heteroatoms. The summed E-state index contributed by atoms with van der Waals surface area (Å²) < 4.78 is 9.06. The van der Waals surface area contributed by atoms with Crippen LogP contribution in [0.3, 0.4) is 0 Å². The zero-order valence-electron chi connectivity index (χ0n) is 27.6. The van der Waals surface area contributed by atoms with Crippen molar-refractivity contribution in [3.63, 3.8) is 0 Å². The molecule has 11 rings (SSSR count). The summed E-state index contributed by atoms with van der Waals surface area (Å²) in [6.45, 7) is 6.42. The molecule has 234 valence electrons. The number of hydrogen-bond acceptors (Lipinski definition) is 1. The van der Waals surface area contributed by atoms with Gasteiger partial charge >= 0.3 is 0 Å². The van der Waals surface area contributed by atoms with Crippen molar-refractivity contribution >= 4 is 87.2 Å². The summed E-state index contributed by atoms with van der Waals surface area (Å²) in [5.74, 6) is 0. The number of furan rings is 1. The lowest BCUT2D eigenvalue weighted by atomic mass is 9.93. The molecule has 0 saturated heterocycles. The van der Waals surface area contributed by atoms with Gasteiger partial charge in [-0.25, -0.2) is 0 Å². The molecule has 8 aromatic carbocycles. The highest BCUT2D eigenvalue weighted by atomic mass is 16.3. The summed E-state index contributed by atoms with van der Waals surface area (Å²) in [5.41, 5.74) is 13.2. The van der Waals surface area contributed by atoms with Gasteiger partial charge in [0, 0.05) is 38.0 Å². The SMILES string of the molecule is C=CC1=C(CC)c2ccc(-c3cccc(-n4c5ccccc5c5ccc6c(ccc7ccc8c9ccccc9oc8c76)c54)c3)c3cccc1c23. The van der Waals surface area contributed by atoms with Gasteiger partial charge in [-0.3, -0.25) is 0 Å². The second kappa shape index (κ2) is 10.1. The Morgan fingerprint density at radius 2 is 1.30 bits per heavy atom. The standard InChI is InChI=1S/C48H31NO/c1-3-31-32(4-2)38-24-23-33(37-16-10-15-36(31)46(37)38)29-11-9-12-30(27-29)49-43-17-7-5-13-34(43)40-26-25-39-41(47(40)49)21-19-28-20-22-42-35-14-6-8-18-44(35)50-48(42)45(28)39/h3,5-27H,1,4H2,2H3. The number of allylic oxidation sites excluding steroid dienone is 3. The number of para-hydroxylation sites is 2. The van der Waals surface area contributed by atoms with Crippen LogP contribution in [0, 0.1) is 0 Å². The lowest BCUT2D eigenvalue weighted by Gasteiger charge is -2.14. The average Bonchev–Trinajstić information content (AvgIpc) is 3.83. The van der Waals surface area contributed by atoms with E-state index in [9.17, 15) is 0 Å². The predicted molar refractivity (Wildman–Crippen MR) is 213 cm³/mol. The molecule has 10 aromatic rings. The van der Waals surface area contributed by atoms with Crippen molar-refractivity contribution in [3.8, 4) is 16.8 Å². The molecule has 0 radical (unpaired) electrons. The molecule has 0 saturated carbocycles. The molecule has 1 aliphatic rings. The van der Waals surface area contributed by atoms with Crippen LogP contribution in [0.15, 0.2) is 157 Å². The fourth-order valence-corrected chi connectivity index (χ4v) is 9.00. The quantitative estimate of drug-likeness (QED) is 0.176. The van der Waals surface area contributed by atoms with E-state index in [0.29, 0.717) is 0 Å². The van der Waals surface area contributed by atoms with Crippen LogP contribution in [0.2, 0.25) is 0 Å². The lowest BCUT2D eigenvalue weighted by molar-refractivity contribution is 0.673. The van der Waals surface area contributed by atoms with Crippen LogP contribution in [0.5, 0.6) is 0 Å². The first kappa shape index (κ1) is 27.6. The highest BCUT2D eigenvalue weighted by Gasteiger charge is 2.23. The minimum Gasteiger partial charge on any atom is -0.455 e. The summed E-state index contributed by atoms with van der Waals surface area (Å²) in [6.07, 6.45) is 3.02. The Balaban J connectivity index is 1.20. The smallest absolute Gasteiger partial charge is 0.143 e. The topological polar surface area (TPSA) is 18.1 Å². The Morgan fingerprint density at radius 1 is 0.580 bits per heavy atom. The van der Waals surface area contributed by atoms with E-state index in [1.54, 1.807) is 0 Å². The molecule has 2 aromatic heterocycles. The van der Waals surface area contributed by atoms with E-state index in [1.165, 1.54) is 82.1 Å². The van der Waals surface area contributed by atoms with Gasteiger partial charge in [0.1, 0.15) is 11.2 Å². The Labute approximate surface area is 288 Å². The fraction of sp³-hybridized carbons (Fsp3) is 0.0417. The monoisotopic (exact) mass is 637 g/mol. The second-order valence-corrected chi connectivity index (χ2v) is 13.5. The molecule has 2 nitrogen and oxygen atoms in total. The number of hydrogen-bond donors (Lipinski definition) is 0. The van der Waals surface area contributed by atoms with E-state index in [2.05, 4.69) is 152 Å². The Kier molecular flexibility index (Phi) is 5.55. The average molecular weight is 638 g/mol. The van der Waals surface area contributed by atoms with Crippen LogP contribution in [0.25, 0.3) is 104 Å². The summed E-state index contributed by atoms with van der Waals surface area (Å²) in [6, 6.07) is 51.2. The number of rotatable bonds is 4. The third kappa shape index (κ3) is 3.52. The van der Waals surface area contributed by atoms with Crippen molar-refractivity contribution in [1.82, 2.24) is 4.57 Å². The minimum absolute atomic E-state index is 0.921. The van der Waals surface area contributed by atoms with E-state index in [4.69, 9.17) is 4.42 Å². The molecule has 1 aliphatic carbocycles. The largest absolute Gasteiger partial charge is 0.455 e. The molecule has 2 heterocycles. The van der Waals surface area contributed by atoms with Gasteiger partial charge in [0.15, 0.2) is 0 Å². The van der Waals surface area contributed by atoms with E-state index < -0.39 is 0 Å². The third-order valence-corrected chi connectivity index (χ3v) is 11.1. The predicted octanol–water partition coefficient (Wildman–Crippen LogP) is 13.6. The van der Waals surface area contributed by atoms with Gasteiger partial charge in [0.25, 0.3) is 0 Å². The molecule has 0 fully saturated rings. The van der Waals surface area contributed by atoms with Gasteiger partial charge < -0.3 is 8.98 Å². The summed E-state index contributed by atoms with van der Waals surface area (Å²) in [7, 11) is 0.